The van der Waals surface area contributed by atoms with Crippen molar-refractivity contribution in [1.82, 2.24) is 0 Å². The Morgan fingerprint density at radius 2 is 1.62 bits per heavy atom. The van der Waals surface area contributed by atoms with E-state index in [1.165, 1.54) is 25.3 Å². The fourth-order valence-corrected chi connectivity index (χ4v) is 3.82. The van der Waals surface area contributed by atoms with Crippen LogP contribution >= 0.6 is 11.6 Å². The number of methoxy groups -OCH3 is 1. The first kappa shape index (κ1) is 20.7. The second-order valence-corrected chi connectivity index (χ2v) is 8.39. The standard InChI is InChI=1S/C21H19ClN2O4S/c1-14-3-4-15(21(25)23-17-7-5-16(22)6-8-17)13-20(14)24-29(26,27)19-11-9-18(28-2)10-12-19/h3-13,24H,1-2H3,(H,23,25). The van der Waals surface area contributed by atoms with Gasteiger partial charge in [0.05, 0.1) is 17.7 Å². The molecule has 150 valence electrons. The summed E-state index contributed by atoms with van der Waals surface area (Å²) >= 11 is 5.85. The number of carbonyl (C=O) groups excluding carboxylic acids is 1. The number of hydrogen-bond donors (Lipinski definition) is 2. The lowest BCUT2D eigenvalue weighted by Gasteiger charge is -2.13. The predicted molar refractivity (Wildman–Crippen MR) is 114 cm³/mol. The van der Waals surface area contributed by atoms with Gasteiger partial charge in [-0.2, -0.15) is 0 Å². The Morgan fingerprint density at radius 1 is 0.966 bits per heavy atom. The van der Waals surface area contributed by atoms with Gasteiger partial charge in [-0.15, -0.1) is 0 Å². The zero-order chi connectivity index (χ0) is 21.0. The molecule has 2 N–H and O–H groups in total. The van der Waals surface area contributed by atoms with E-state index in [1.807, 2.05) is 0 Å². The zero-order valence-corrected chi connectivity index (χ0v) is 17.3. The van der Waals surface area contributed by atoms with E-state index in [2.05, 4.69) is 10.0 Å². The van der Waals surface area contributed by atoms with Crippen molar-refractivity contribution >= 4 is 38.9 Å². The molecule has 0 unspecified atom stereocenters. The SMILES string of the molecule is COc1ccc(S(=O)(=O)Nc2cc(C(=O)Nc3ccc(Cl)cc3)ccc2C)cc1. The van der Waals surface area contributed by atoms with Crippen LogP contribution in [0.3, 0.4) is 0 Å². The van der Waals surface area contributed by atoms with Crippen molar-refractivity contribution in [2.45, 2.75) is 11.8 Å². The van der Waals surface area contributed by atoms with Crippen molar-refractivity contribution in [1.29, 1.82) is 0 Å². The van der Waals surface area contributed by atoms with E-state index in [9.17, 15) is 13.2 Å². The molecular weight excluding hydrogens is 412 g/mol. The maximum atomic E-state index is 12.7. The van der Waals surface area contributed by atoms with Gasteiger partial charge in [-0.3, -0.25) is 9.52 Å². The quantitative estimate of drug-likeness (QED) is 0.593. The van der Waals surface area contributed by atoms with Crippen LogP contribution in [-0.4, -0.2) is 21.4 Å². The van der Waals surface area contributed by atoms with Gasteiger partial charge in [-0.1, -0.05) is 17.7 Å². The van der Waals surface area contributed by atoms with E-state index in [0.717, 1.165) is 0 Å². The van der Waals surface area contributed by atoms with Gasteiger partial charge in [-0.25, -0.2) is 8.42 Å². The van der Waals surface area contributed by atoms with Crippen LogP contribution in [-0.2, 0) is 10.0 Å². The number of ether oxygens (including phenoxy) is 1. The second-order valence-electron chi connectivity index (χ2n) is 6.27. The lowest BCUT2D eigenvalue weighted by Crippen LogP contribution is -2.16. The number of halogens is 1. The smallest absolute Gasteiger partial charge is 0.261 e. The normalized spacial score (nSPS) is 11.0. The molecule has 29 heavy (non-hydrogen) atoms. The number of hydrogen-bond acceptors (Lipinski definition) is 4. The van der Waals surface area contributed by atoms with Crippen LogP contribution in [0.15, 0.2) is 71.6 Å². The highest BCUT2D eigenvalue weighted by molar-refractivity contribution is 7.92. The molecule has 0 fully saturated rings. The van der Waals surface area contributed by atoms with Crippen molar-refractivity contribution < 1.29 is 17.9 Å². The van der Waals surface area contributed by atoms with E-state index in [0.29, 0.717) is 33.3 Å². The summed E-state index contributed by atoms with van der Waals surface area (Å²) in [5.41, 5.74) is 1.91. The van der Waals surface area contributed by atoms with E-state index in [1.54, 1.807) is 55.5 Å². The van der Waals surface area contributed by atoms with Gasteiger partial charge in [0, 0.05) is 16.3 Å². The van der Waals surface area contributed by atoms with Crippen molar-refractivity contribution in [3.8, 4) is 5.75 Å². The number of nitrogens with one attached hydrogen (secondary N) is 2. The minimum Gasteiger partial charge on any atom is -0.497 e. The number of aryl methyl sites for hydroxylation is 1. The third kappa shape index (κ3) is 5.07. The van der Waals surface area contributed by atoms with Gasteiger partial charge in [-0.05, 0) is 73.2 Å². The van der Waals surface area contributed by atoms with Crippen molar-refractivity contribution in [3.05, 3.63) is 82.9 Å². The third-order valence-electron chi connectivity index (χ3n) is 4.22. The minimum atomic E-state index is -3.82. The topological polar surface area (TPSA) is 84.5 Å². The Bertz CT molecular complexity index is 1130. The van der Waals surface area contributed by atoms with Gasteiger partial charge in [0.25, 0.3) is 15.9 Å². The lowest BCUT2D eigenvalue weighted by atomic mass is 10.1. The molecule has 0 radical (unpaired) electrons. The first-order valence-electron chi connectivity index (χ1n) is 8.63. The summed E-state index contributed by atoms with van der Waals surface area (Å²) < 4.78 is 33.0. The van der Waals surface area contributed by atoms with Crippen molar-refractivity contribution in [2.24, 2.45) is 0 Å². The number of carbonyl (C=O) groups is 1. The average Bonchev–Trinajstić information content (AvgIpc) is 2.71. The molecule has 0 aliphatic rings. The van der Waals surface area contributed by atoms with Gasteiger partial charge in [0.15, 0.2) is 0 Å². The van der Waals surface area contributed by atoms with Crippen LogP contribution in [0.5, 0.6) is 5.75 Å². The summed E-state index contributed by atoms with van der Waals surface area (Å²) in [6, 6.07) is 17.6. The first-order valence-corrected chi connectivity index (χ1v) is 10.5. The molecule has 0 bridgehead atoms. The van der Waals surface area contributed by atoms with Gasteiger partial charge >= 0.3 is 0 Å². The zero-order valence-electron chi connectivity index (χ0n) is 15.8. The Balaban J connectivity index is 1.82. The Labute approximate surface area is 174 Å². The molecule has 0 heterocycles. The molecule has 3 aromatic rings. The summed E-state index contributed by atoms with van der Waals surface area (Å²) in [4.78, 5) is 12.6. The number of amides is 1. The molecule has 0 spiro atoms. The predicted octanol–water partition coefficient (Wildman–Crippen LogP) is 4.71. The van der Waals surface area contributed by atoms with Crippen molar-refractivity contribution in [2.75, 3.05) is 17.1 Å². The second kappa shape index (κ2) is 8.55. The van der Waals surface area contributed by atoms with Crippen LogP contribution in [0, 0.1) is 6.92 Å². The highest BCUT2D eigenvalue weighted by atomic mass is 35.5. The number of sulfonamides is 1. The number of benzene rings is 3. The molecule has 0 aliphatic carbocycles. The van der Waals surface area contributed by atoms with Gasteiger partial charge < -0.3 is 10.1 Å². The van der Waals surface area contributed by atoms with E-state index < -0.39 is 10.0 Å². The summed E-state index contributed by atoms with van der Waals surface area (Å²) in [6.45, 7) is 1.76. The van der Waals surface area contributed by atoms with Crippen LogP contribution in [0.1, 0.15) is 15.9 Å². The maximum absolute atomic E-state index is 12.7. The molecule has 6 nitrogen and oxygen atoms in total. The van der Waals surface area contributed by atoms with Gasteiger partial charge in [0.2, 0.25) is 0 Å². The van der Waals surface area contributed by atoms with Crippen LogP contribution in [0.2, 0.25) is 5.02 Å². The highest BCUT2D eigenvalue weighted by Crippen LogP contribution is 2.23. The van der Waals surface area contributed by atoms with Crippen LogP contribution < -0.4 is 14.8 Å². The molecule has 0 atom stereocenters. The summed E-state index contributed by atoms with van der Waals surface area (Å²) in [5, 5.41) is 3.31. The number of rotatable bonds is 6. The molecule has 0 saturated heterocycles. The number of anilines is 2. The molecule has 8 heteroatoms. The molecule has 0 aliphatic heterocycles. The summed E-state index contributed by atoms with van der Waals surface area (Å²) in [5.74, 6) is 0.193. The molecule has 0 aromatic heterocycles. The minimum absolute atomic E-state index is 0.0914. The first-order chi connectivity index (χ1) is 13.8. The highest BCUT2D eigenvalue weighted by Gasteiger charge is 2.17. The lowest BCUT2D eigenvalue weighted by molar-refractivity contribution is 0.102. The van der Waals surface area contributed by atoms with Crippen LogP contribution in [0.25, 0.3) is 0 Å². The Hall–Kier alpha value is -3.03. The monoisotopic (exact) mass is 430 g/mol. The summed E-state index contributed by atoms with van der Waals surface area (Å²) in [7, 11) is -2.31. The van der Waals surface area contributed by atoms with E-state index in [4.69, 9.17) is 16.3 Å². The fraction of sp³-hybridized carbons (Fsp3) is 0.0952. The summed E-state index contributed by atoms with van der Waals surface area (Å²) in [6.07, 6.45) is 0. The Kier molecular flexibility index (Phi) is 6.10. The van der Waals surface area contributed by atoms with E-state index in [-0.39, 0.29) is 10.8 Å². The molecule has 3 rings (SSSR count). The molecule has 1 amide bonds. The fourth-order valence-electron chi connectivity index (χ4n) is 2.57. The third-order valence-corrected chi connectivity index (χ3v) is 5.85. The molecule has 3 aromatic carbocycles. The van der Waals surface area contributed by atoms with Crippen molar-refractivity contribution in [3.63, 3.8) is 0 Å². The largest absolute Gasteiger partial charge is 0.497 e. The van der Waals surface area contributed by atoms with Gasteiger partial charge in [0.1, 0.15) is 5.75 Å². The maximum Gasteiger partial charge on any atom is 0.261 e. The van der Waals surface area contributed by atoms with E-state index >= 15 is 0 Å². The Morgan fingerprint density at radius 3 is 2.24 bits per heavy atom. The molecular formula is C21H19ClN2O4S. The van der Waals surface area contributed by atoms with Crippen LogP contribution in [0.4, 0.5) is 11.4 Å². The molecule has 0 saturated carbocycles. The average molecular weight is 431 g/mol.